The summed E-state index contributed by atoms with van der Waals surface area (Å²) in [5.41, 5.74) is 3.98. The van der Waals surface area contributed by atoms with Crippen molar-refractivity contribution in [1.29, 1.82) is 0 Å². The minimum Gasteiger partial charge on any atom is -0.481 e. The number of nitrogens with zero attached hydrogens (tertiary/aromatic N) is 1. The fourth-order valence-corrected chi connectivity index (χ4v) is 3.12. The van der Waals surface area contributed by atoms with Crippen molar-refractivity contribution in [2.45, 2.75) is 33.2 Å². The first-order valence-electron chi connectivity index (χ1n) is 10.3. The molecule has 162 valence electrons. The van der Waals surface area contributed by atoms with Gasteiger partial charge in [-0.3, -0.25) is 9.59 Å². The molecule has 2 aromatic carbocycles. The molecule has 0 atom stereocenters. The molecule has 0 aliphatic rings. The Labute approximate surface area is 181 Å². The number of hydrogen-bond acceptors (Lipinski definition) is 5. The molecule has 31 heavy (non-hydrogen) atoms. The van der Waals surface area contributed by atoms with Gasteiger partial charge < -0.3 is 20.3 Å². The van der Waals surface area contributed by atoms with Gasteiger partial charge in [0.15, 0.2) is 11.5 Å². The van der Waals surface area contributed by atoms with Crippen LogP contribution in [0.2, 0.25) is 0 Å². The van der Waals surface area contributed by atoms with Crippen LogP contribution in [0.4, 0.5) is 5.69 Å². The van der Waals surface area contributed by atoms with Gasteiger partial charge in [-0.25, -0.2) is 0 Å². The summed E-state index contributed by atoms with van der Waals surface area (Å²) in [7, 11) is 0. The van der Waals surface area contributed by atoms with Crippen molar-refractivity contribution >= 4 is 17.6 Å². The molecule has 0 bridgehead atoms. The van der Waals surface area contributed by atoms with Gasteiger partial charge >= 0.3 is 5.97 Å². The Bertz CT molecular complexity index is 1010. The van der Waals surface area contributed by atoms with Crippen LogP contribution in [0, 0.1) is 5.92 Å². The maximum atomic E-state index is 12.5. The average Bonchev–Trinajstić information content (AvgIpc) is 3.23. The van der Waals surface area contributed by atoms with E-state index in [4.69, 9.17) is 9.63 Å². The summed E-state index contributed by atoms with van der Waals surface area (Å²) in [4.78, 5) is 23.0. The topological polar surface area (TPSA) is 104 Å². The smallest absolute Gasteiger partial charge is 0.304 e. The molecule has 1 heterocycles. The van der Waals surface area contributed by atoms with Crippen molar-refractivity contribution in [3.63, 3.8) is 0 Å². The highest BCUT2D eigenvalue weighted by atomic mass is 16.5. The Morgan fingerprint density at radius 2 is 1.71 bits per heavy atom. The van der Waals surface area contributed by atoms with Crippen LogP contribution in [-0.2, 0) is 17.8 Å². The highest BCUT2D eigenvalue weighted by Crippen LogP contribution is 2.22. The van der Waals surface area contributed by atoms with E-state index in [0.717, 1.165) is 17.5 Å². The SMILES string of the molecule is CC(C)Cc1ccc(-c2cc(C(=O)Nc3ccc(CNCCC(=O)O)cc3)no2)cc1. The highest BCUT2D eigenvalue weighted by Gasteiger charge is 2.14. The number of carboxylic acid groups (broad SMARTS) is 1. The predicted octanol–water partition coefficient (Wildman–Crippen LogP) is 4.36. The second-order valence-corrected chi connectivity index (χ2v) is 7.84. The molecule has 0 saturated heterocycles. The zero-order valence-corrected chi connectivity index (χ0v) is 17.7. The molecule has 0 saturated carbocycles. The molecule has 0 radical (unpaired) electrons. The van der Waals surface area contributed by atoms with E-state index in [1.807, 2.05) is 24.3 Å². The molecule has 3 N–H and O–H groups in total. The predicted molar refractivity (Wildman–Crippen MR) is 119 cm³/mol. The first-order valence-corrected chi connectivity index (χ1v) is 10.3. The Morgan fingerprint density at radius 1 is 1.03 bits per heavy atom. The first kappa shape index (κ1) is 22.2. The van der Waals surface area contributed by atoms with Crippen molar-refractivity contribution in [2.24, 2.45) is 5.92 Å². The molecule has 1 amide bonds. The van der Waals surface area contributed by atoms with Gasteiger partial charge in [-0.05, 0) is 35.6 Å². The number of carboxylic acids is 1. The lowest BCUT2D eigenvalue weighted by Gasteiger charge is -2.06. The summed E-state index contributed by atoms with van der Waals surface area (Å²) in [6, 6.07) is 17.0. The second kappa shape index (κ2) is 10.5. The number of rotatable bonds is 10. The summed E-state index contributed by atoms with van der Waals surface area (Å²) in [5.74, 6) is -0.0406. The fourth-order valence-electron chi connectivity index (χ4n) is 3.12. The van der Waals surface area contributed by atoms with Crippen molar-refractivity contribution in [2.75, 3.05) is 11.9 Å². The molecular weight excluding hydrogens is 394 g/mol. The molecule has 0 aliphatic heterocycles. The third-order valence-corrected chi connectivity index (χ3v) is 4.68. The molecule has 0 unspecified atom stereocenters. The summed E-state index contributed by atoms with van der Waals surface area (Å²) in [6.45, 7) is 5.33. The first-order chi connectivity index (χ1) is 14.9. The third kappa shape index (κ3) is 6.79. The molecule has 7 heteroatoms. The average molecular weight is 421 g/mol. The normalized spacial score (nSPS) is 10.9. The van der Waals surface area contributed by atoms with Crippen LogP contribution in [0.25, 0.3) is 11.3 Å². The van der Waals surface area contributed by atoms with Gasteiger partial charge in [-0.1, -0.05) is 55.4 Å². The van der Waals surface area contributed by atoms with Crippen LogP contribution in [-0.4, -0.2) is 28.7 Å². The maximum Gasteiger partial charge on any atom is 0.304 e. The van der Waals surface area contributed by atoms with E-state index in [1.54, 1.807) is 18.2 Å². The van der Waals surface area contributed by atoms with E-state index in [9.17, 15) is 9.59 Å². The minimum atomic E-state index is -0.829. The monoisotopic (exact) mass is 421 g/mol. The largest absolute Gasteiger partial charge is 0.481 e. The molecule has 1 aromatic heterocycles. The number of aromatic nitrogens is 1. The molecule has 3 aromatic rings. The lowest BCUT2D eigenvalue weighted by Crippen LogP contribution is -2.17. The quantitative estimate of drug-likeness (QED) is 0.420. The van der Waals surface area contributed by atoms with Crippen molar-refractivity contribution in [3.8, 4) is 11.3 Å². The van der Waals surface area contributed by atoms with Crippen LogP contribution >= 0.6 is 0 Å². The minimum absolute atomic E-state index is 0.0793. The standard InChI is InChI=1S/C24H27N3O4/c1-16(2)13-17-3-7-19(8-4-17)22-14-21(27-31-22)24(30)26-20-9-5-18(6-10-20)15-25-12-11-23(28)29/h3-10,14,16,25H,11-13,15H2,1-2H3,(H,26,30)(H,28,29). The van der Waals surface area contributed by atoms with Crippen molar-refractivity contribution in [1.82, 2.24) is 10.5 Å². The number of hydrogen-bond donors (Lipinski definition) is 3. The number of aliphatic carboxylic acids is 1. The van der Waals surface area contributed by atoms with Crippen LogP contribution < -0.4 is 10.6 Å². The number of benzene rings is 2. The number of carbonyl (C=O) groups excluding carboxylic acids is 1. The second-order valence-electron chi connectivity index (χ2n) is 7.84. The van der Waals surface area contributed by atoms with E-state index in [0.29, 0.717) is 30.5 Å². The van der Waals surface area contributed by atoms with Crippen LogP contribution in [0.3, 0.4) is 0 Å². The lowest BCUT2D eigenvalue weighted by atomic mass is 10.0. The van der Waals surface area contributed by atoms with Gasteiger partial charge in [0.25, 0.3) is 5.91 Å². The Hall–Kier alpha value is -3.45. The molecule has 0 spiro atoms. The molecule has 3 rings (SSSR count). The summed E-state index contributed by atoms with van der Waals surface area (Å²) in [6.07, 6.45) is 1.09. The summed E-state index contributed by atoms with van der Waals surface area (Å²) < 4.78 is 5.36. The Balaban J connectivity index is 1.55. The third-order valence-electron chi connectivity index (χ3n) is 4.68. The van der Waals surface area contributed by atoms with Crippen LogP contribution in [0.15, 0.2) is 59.1 Å². The van der Waals surface area contributed by atoms with Gasteiger partial charge in [-0.2, -0.15) is 0 Å². The molecular formula is C24H27N3O4. The number of carbonyl (C=O) groups is 2. The van der Waals surface area contributed by atoms with E-state index in [2.05, 4.69) is 41.8 Å². The lowest BCUT2D eigenvalue weighted by molar-refractivity contribution is -0.136. The van der Waals surface area contributed by atoms with Gasteiger partial charge in [0.2, 0.25) is 0 Å². The summed E-state index contributed by atoms with van der Waals surface area (Å²) >= 11 is 0. The van der Waals surface area contributed by atoms with Crippen molar-refractivity contribution in [3.05, 3.63) is 71.4 Å². The van der Waals surface area contributed by atoms with Gasteiger partial charge in [0.1, 0.15) is 0 Å². The molecule has 0 fully saturated rings. The summed E-state index contributed by atoms with van der Waals surface area (Å²) in [5, 5.41) is 18.4. The molecule has 0 aliphatic carbocycles. The number of amides is 1. The highest BCUT2D eigenvalue weighted by molar-refractivity contribution is 6.03. The number of anilines is 1. The van der Waals surface area contributed by atoms with Gasteiger partial charge in [0.05, 0.1) is 6.42 Å². The van der Waals surface area contributed by atoms with E-state index >= 15 is 0 Å². The van der Waals surface area contributed by atoms with E-state index in [-0.39, 0.29) is 18.0 Å². The maximum absolute atomic E-state index is 12.5. The van der Waals surface area contributed by atoms with E-state index < -0.39 is 5.97 Å². The zero-order chi connectivity index (χ0) is 22.2. The molecule has 7 nitrogen and oxygen atoms in total. The van der Waals surface area contributed by atoms with Crippen molar-refractivity contribution < 1.29 is 19.2 Å². The fraction of sp³-hybridized carbons (Fsp3) is 0.292. The van der Waals surface area contributed by atoms with Crippen LogP contribution in [0.5, 0.6) is 0 Å². The van der Waals surface area contributed by atoms with Gasteiger partial charge in [0, 0.05) is 30.4 Å². The van der Waals surface area contributed by atoms with Gasteiger partial charge in [-0.15, -0.1) is 0 Å². The van der Waals surface area contributed by atoms with Crippen LogP contribution in [0.1, 0.15) is 41.9 Å². The Kier molecular flexibility index (Phi) is 7.56. The Morgan fingerprint density at radius 3 is 2.35 bits per heavy atom. The van der Waals surface area contributed by atoms with E-state index in [1.165, 1.54) is 5.56 Å². The number of nitrogens with one attached hydrogen (secondary N) is 2. The zero-order valence-electron chi connectivity index (χ0n) is 17.7.